The summed E-state index contributed by atoms with van der Waals surface area (Å²) in [6.07, 6.45) is 7.92. The highest BCUT2D eigenvalue weighted by Crippen LogP contribution is 2.34. The number of carbonyl (C=O) groups excluding carboxylic acids is 4. The maximum atomic E-state index is 12.0. The largest absolute Gasteiger partial charge is 0.463 e. The van der Waals surface area contributed by atoms with Gasteiger partial charge in [-0.3, -0.25) is 19.2 Å². The molecule has 5 atom stereocenters. The Morgan fingerprint density at radius 1 is 0.762 bits per heavy atom. The smallest absolute Gasteiger partial charge is 0.303 e. The van der Waals surface area contributed by atoms with Crippen molar-refractivity contribution in [3.63, 3.8) is 0 Å². The molecule has 1 aromatic rings. The minimum atomic E-state index is -1.28. The van der Waals surface area contributed by atoms with E-state index in [4.69, 9.17) is 28.4 Å². The minimum absolute atomic E-state index is 0.211. The predicted octanol–water partition coefficient (Wildman–Crippen LogP) is 3.97. The molecule has 0 saturated carbocycles. The third-order valence-corrected chi connectivity index (χ3v) is 6.68. The van der Waals surface area contributed by atoms with Crippen molar-refractivity contribution in [2.75, 3.05) is 13.2 Å². The van der Waals surface area contributed by atoms with Crippen molar-refractivity contribution >= 4 is 23.9 Å². The first kappa shape index (κ1) is 35.1. The Bertz CT molecular complexity index is 985. The Morgan fingerprint density at radius 3 is 1.88 bits per heavy atom. The van der Waals surface area contributed by atoms with E-state index in [1.54, 1.807) is 6.20 Å². The van der Waals surface area contributed by atoms with Gasteiger partial charge in [-0.1, -0.05) is 69.9 Å². The van der Waals surface area contributed by atoms with Gasteiger partial charge in [-0.25, -0.2) is 4.68 Å². The molecule has 0 radical (unpaired) electrons. The van der Waals surface area contributed by atoms with Gasteiger partial charge in [0, 0.05) is 34.3 Å². The third kappa shape index (κ3) is 12.8. The zero-order valence-corrected chi connectivity index (χ0v) is 25.6. The van der Waals surface area contributed by atoms with Crippen LogP contribution in [-0.2, 0) is 54.2 Å². The molecule has 1 saturated heterocycles. The van der Waals surface area contributed by atoms with E-state index in [2.05, 4.69) is 17.2 Å². The van der Waals surface area contributed by atoms with Crippen molar-refractivity contribution in [2.24, 2.45) is 0 Å². The minimum Gasteiger partial charge on any atom is -0.463 e. The predicted molar refractivity (Wildman–Crippen MR) is 149 cm³/mol. The van der Waals surface area contributed by atoms with Crippen molar-refractivity contribution < 1.29 is 47.6 Å². The molecule has 0 spiro atoms. The zero-order chi connectivity index (χ0) is 30.9. The van der Waals surface area contributed by atoms with E-state index in [9.17, 15) is 19.2 Å². The first-order valence-electron chi connectivity index (χ1n) is 14.9. The molecule has 13 heteroatoms. The summed E-state index contributed by atoms with van der Waals surface area (Å²) in [5, 5.41) is 8.25. The molecule has 1 aliphatic rings. The van der Waals surface area contributed by atoms with Crippen LogP contribution in [0, 0.1) is 0 Å². The van der Waals surface area contributed by atoms with Crippen LogP contribution in [0.2, 0.25) is 0 Å². The van der Waals surface area contributed by atoms with E-state index in [0.717, 1.165) is 12.8 Å². The van der Waals surface area contributed by atoms with E-state index in [-0.39, 0.29) is 13.2 Å². The molecule has 1 aliphatic heterocycles. The van der Waals surface area contributed by atoms with Crippen LogP contribution in [0.15, 0.2) is 6.20 Å². The van der Waals surface area contributed by atoms with Crippen molar-refractivity contribution in [1.82, 2.24) is 15.0 Å². The van der Waals surface area contributed by atoms with Crippen molar-refractivity contribution in [3.05, 3.63) is 11.9 Å². The Balaban J connectivity index is 2.02. The molecule has 1 aromatic heterocycles. The average Bonchev–Trinajstić information content (AvgIpc) is 3.38. The second-order valence-corrected chi connectivity index (χ2v) is 10.5. The van der Waals surface area contributed by atoms with Gasteiger partial charge in [-0.15, -0.1) is 5.10 Å². The fourth-order valence-electron chi connectivity index (χ4n) is 4.79. The molecule has 0 bridgehead atoms. The number of aromatic nitrogens is 3. The Hall–Kier alpha value is -3.06. The average molecular weight is 598 g/mol. The zero-order valence-electron chi connectivity index (χ0n) is 25.6. The van der Waals surface area contributed by atoms with Gasteiger partial charge in [0.1, 0.15) is 18.4 Å². The summed E-state index contributed by atoms with van der Waals surface area (Å²) in [5.74, 6) is -2.69. The summed E-state index contributed by atoms with van der Waals surface area (Å²) in [7, 11) is 0. The second kappa shape index (κ2) is 19.2. The maximum absolute atomic E-state index is 12.0. The highest BCUT2D eigenvalue weighted by molar-refractivity contribution is 5.68. The molecule has 238 valence electrons. The van der Waals surface area contributed by atoms with Crippen LogP contribution in [0.4, 0.5) is 0 Å². The number of unbranched alkanes of at least 4 members (excludes halogenated alkanes) is 9. The number of esters is 4. The maximum Gasteiger partial charge on any atom is 0.303 e. The Kier molecular flexibility index (Phi) is 16.1. The summed E-state index contributed by atoms with van der Waals surface area (Å²) in [5.41, 5.74) is 0.509. The van der Waals surface area contributed by atoms with Gasteiger partial charge in [-0.05, 0) is 6.42 Å². The summed E-state index contributed by atoms with van der Waals surface area (Å²) < 4.78 is 34.6. The Morgan fingerprint density at radius 2 is 1.31 bits per heavy atom. The van der Waals surface area contributed by atoms with Crippen LogP contribution in [-0.4, -0.2) is 76.5 Å². The fourth-order valence-corrected chi connectivity index (χ4v) is 4.79. The standard InChI is InChI=1S/C29H47N3O10/c1-6-7-8-9-10-11-12-13-14-15-16-37-18-24-17-32(31-30-24)29-28(41-23(5)36)27(40-22(4)35)26(39-21(3)34)25(42-29)19-38-20(2)33/h17,25-29H,6-16,18-19H2,1-5H3/t25-,26+,27+,28-,29-/m1/s1. The fraction of sp³-hybridized carbons (Fsp3) is 0.793. The van der Waals surface area contributed by atoms with Crippen LogP contribution in [0.25, 0.3) is 0 Å². The molecular weight excluding hydrogens is 550 g/mol. The SMILES string of the molecule is CCCCCCCCCCCCOCc1cn([C@@H]2O[C@H](COC(C)=O)[C@H](OC(C)=O)[C@H](OC(C)=O)[C@H]2OC(C)=O)nn1. The molecule has 0 amide bonds. The summed E-state index contributed by atoms with van der Waals surface area (Å²) in [6, 6.07) is 0. The van der Waals surface area contributed by atoms with Crippen LogP contribution < -0.4 is 0 Å². The third-order valence-electron chi connectivity index (χ3n) is 6.68. The topological polar surface area (TPSA) is 154 Å². The second-order valence-electron chi connectivity index (χ2n) is 10.5. The summed E-state index contributed by atoms with van der Waals surface area (Å²) in [6.45, 7) is 7.43. The highest BCUT2D eigenvalue weighted by Gasteiger charge is 2.53. The molecule has 0 aromatic carbocycles. The molecule has 0 unspecified atom stereocenters. The summed E-state index contributed by atoms with van der Waals surface area (Å²) in [4.78, 5) is 47.4. The van der Waals surface area contributed by atoms with Crippen molar-refractivity contribution in [1.29, 1.82) is 0 Å². The number of hydrogen-bond donors (Lipinski definition) is 0. The normalized spacial score (nSPS) is 21.9. The van der Waals surface area contributed by atoms with Crippen molar-refractivity contribution in [3.8, 4) is 0 Å². The van der Waals surface area contributed by atoms with E-state index < -0.39 is 54.5 Å². The van der Waals surface area contributed by atoms with Crippen LogP contribution >= 0.6 is 0 Å². The molecule has 2 heterocycles. The molecule has 2 rings (SSSR count). The van der Waals surface area contributed by atoms with Crippen LogP contribution in [0.5, 0.6) is 0 Å². The van der Waals surface area contributed by atoms with Crippen LogP contribution in [0.1, 0.15) is 111 Å². The van der Waals surface area contributed by atoms with E-state index in [0.29, 0.717) is 12.3 Å². The summed E-state index contributed by atoms with van der Waals surface area (Å²) >= 11 is 0. The van der Waals surface area contributed by atoms with E-state index in [1.165, 1.54) is 83.7 Å². The monoisotopic (exact) mass is 597 g/mol. The van der Waals surface area contributed by atoms with Crippen molar-refractivity contribution in [2.45, 2.75) is 136 Å². The van der Waals surface area contributed by atoms with Gasteiger partial charge in [0.25, 0.3) is 0 Å². The molecule has 0 N–H and O–H groups in total. The first-order chi connectivity index (χ1) is 20.1. The van der Waals surface area contributed by atoms with Gasteiger partial charge in [0.2, 0.25) is 0 Å². The van der Waals surface area contributed by atoms with Gasteiger partial charge in [0.15, 0.2) is 24.5 Å². The number of ether oxygens (including phenoxy) is 6. The van der Waals surface area contributed by atoms with E-state index in [1.807, 2.05) is 0 Å². The van der Waals surface area contributed by atoms with Gasteiger partial charge >= 0.3 is 23.9 Å². The molecule has 0 aliphatic carbocycles. The van der Waals surface area contributed by atoms with E-state index >= 15 is 0 Å². The number of hydrogen-bond acceptors (Lipinski definition) is 12. The lowest BCUT2D eigenvalue weighted by molar-refractivity contribution is -0.270. The molecule has 1 fully saturated rings. The molecular formula is C29H47N3O10. The highest BCUT2D eigenvalue weighted by atomic mass is 16.7. The van der Waals surface area contributed by atoms with Crippen LogP contribution in [0.3, 0.4) is 0 Å². The quantitative estimate of drug-likeness (QED) is 0.129. The first-order valence-corrected chi connectivity index (χ1v) is 14.9. The lowest BCUT2D eigenvalue weighted by Crippen LogP contribution is -2.60. The number of nitrogens with zero attached hydrogens (tertiary/aromatic N) is 3. The molecule has 42 heavy (non-hydrogen) atoms. The van der Waals surface area contributed by atoms with Gasteiger partial charge < -0.3 is 28.4 Å². The number of carbonyl (C=O) groups is 4. The van der Waals surface area contributed by atoms with Gasteiger partial charge in [-0.2, -0.15) is 0 Å². The Labute approximate surface area is 247 Å². The number of rotatable bonds is 19. The van der Waals surface area contributed by atoms with Gasteiger partial charge in [0.05, 0.1) is 12.8 Å². The molecule has 13 nitrogen and oxygen atoms in total. The lowest BCUT2D eigenvalue weighted by atomic mass is 9.97. The lowest BCUT2D eigenvalue weighted by Gasteiger charge is -2.44.